The Hall–Kier alpha value is -4.34. The van der Waals surface area contributed by atoms with Crippen molar-refractivity contribution in [2.75, 3.05) is 44.4 Å². The average molecular weight is 614 g/mol. The molecule has 228 valence electrons. The van der Waals surface area contributed by atoms with E-state index in [1.807, 2.05) is 24.3 Å². The van der Waals surface area contributed by atoms with E-state index in [1.165, 1.54) is 6.07 Å². The highest BCUT2D eigenvalue weighted by atomic mass is 35.5. The number of carbonyl (C=O) groups excluding carboxylic acids is 1. The molecular formula is C34H37ClFN7O. The van der Waals surface area contributed by atoms with E-state index in [2.05, 4.69) is 39.5 Å². The van der Waals surface area contributed by atoms with E-state index in [0.29, 0.717) is 39.5 Å². The summed E-state index contributed by atoms with van der Waals surface area (Å²) in [4.78, 5) is 30.8. The van der Waals surface area contributed by atoms with Crippen LogP contribution in [-0.4, -0.2) is 66.8 Å². The summed E-state index contributed by atoms with van der Waals surface area (Å²) in [7, 11) is 5.82. The highest BCUT2D eigenvalue weighted by molar-refractivity contribution is 6.32. The summed E-state index contributed by atoms with van der Waals surface area (Å²) in [6.07, 6.45) is 3.76. The summed E-state index contributed by atoms with van der Waals surface area (Å²) < 4.78 is 15.8. The maximum absolute atomic E-state index is 15.8. The second kappa shape index (κ2) is 13.1. The highest BCUT2D eigenvalue weighted by Gasteiger charge is 2.28. The van der Waals surface area contributed by atoms with Crippen LogP contribution in [0.3, 0.4) is 0 Å². The highest BCUT2D eigenvalue weighted by Crippen LogP contribution is 2.37. The minimum Gasteiger partial charge on any atom is -0.371 e. The van der Waals surface area contributed by atoms with Gasteiger partial charge in [0.15, 0.2) is 0 Å². The van der Waals surface area contributed by atoms with E-state index in [9.17, 15) is 4.79 Å². The van der Waals surface area contributed by atoms with Gasteiger partial charge in [-0.2, -0.15) is 0 Å². The molecule has 1 aromatic heterocycles. The van der Waals surface area contributed by atoms with E-state index in [0.717, 1.165) is 54.0 Å². The monoisotopic (exact) mass is 613 g/mol. The lowest BCUT2D eigenvalue weighted by Crippen LogP contribution is -2.42. The Morgan fingerprint density at radius 2 is 1.80 bits per heavy atom. The van der Waals surface area contributed by atoms with Gasteiger partial charge >= 0.3 is 0 Å². The molecule has 0 radical (unpaired) electrons. The van der Waals surface area contributed by atoms with Gasteiger partial charge in [0.25, 0.3) is 5.91 Å². The fraction of sp³-hybridized carbons (Fsp3) is 0.294. The molecule has 2 N–H and O–H groups in total. The third kappa shape index (κ3) is 6.16. The van der Waals surface area contributed by atoms with Crippen LogP contribution in [0.5, 0.6) is 0 Å². The van der Waals surface area contributed by atoms with E-state index in [-0.39, 0.29) is 25.7 Å². The fourth-order valence-electron chi connectivity index (χ4n) is 5.81. The second-order valence-electron chi connectivity index (χ2n) is 11.0. The normalized spacial score (nSPS) is 14.6. The first-order valence-corrected chi connectivity index (χ1v) is 14.7. The molecule has 0 saturated carbocycles. The van der Waals surface area contributed by atoms with Crippen molar-refractivity contribution in [2.24, 2.45) is 4.99 Å². The number of anilines is 3. The number of hydrogen-bond donors (Lipinski definition) is 2. The summed E-state index contributed by atoms with van der Waals surface area (Å²) >= 11 is 6.53. The molecule has 3 aromatic carbocycles. The lowest BCUT2D eigenvalue weighted by molar-refractivity contribution is 0.0963. The molecule has 10 heteroatoms. The smallest absolute Gasteiger partial charge is 0.251 e. The van der Waals surface area contributed by atoms with Crippen LogP contribution in [0.25, 0.3) is 11.3 Å². The number of carbonyl (C=O) groups is 1. The molecule has 0 unspecified atom stereocenters. The first kappa shape index (κ1) is 31.1. The summed E-state index contributed by atoms with van der Waals surface area (Å²) in [6, 6.07) is 18.4. The lowest BCUT2D eigenvalue weighted by atomic mass is 9.93. The number of aliphatic imine (C=N–C) groups is 1. The number of hydrogen-bond acceptors (Lipinski definition) is 7. The maximum Gasteiger partial charge on any atom is 0.251 e. The van der Waals surface area contributed by atoms with Gasteiger partial charge in [-0.15, -0.1) is 0 Å². The minimum absolute atomic E-state index is 0. The third-order valence-electron chi connectivity index (χ3n) is 8.16. The van der Waals surface area contributed by atoms with Crippen LogP contribution in [0, 0.1) is 5.82 Å². The number of fused-ring (bicyclic) bond motifs is 3. The van der Waals surface area contributed by atoms with Gasteiger partial charge < -0.3 is 20.4 Å². The third-order valence-corrected chi connectivity index (χ3v) is 8.39. The number of benzene rings is 3. The van der Waals surface area contributed by atoms with E-state index >= 15 is 4.39 Å². The molecule has 6 rings (SSSR count). The van der Waals surface area contributed by atoms with Gasteiger partial charge in [0.05, 0.1) is 23.5 Å². The zero-order chi connectivity index (χ0) is 30.1. The molecule has 44 heavy (non-hydrogen) atoms. The van der Waals surface area contributed by atoms with Crippen LogP contribution in [0.1, 0.15) is 47.3 Å². The molecule has 2 aliphatic heterocycles. The Morgan fingerprint density at radius 1 is 1.05 bits per heavy atom. The summed E-state index contributed by atoms with van der Waals surface area (Å²) in [5.74, 6) is -0.0856. The van der Waals surface area contributed by atoms with Gasteiger partial charge in [-0.3, -0.25) is 9.79 Å². The number of amides is 1. The van der Waals surface area contributed by atoms with E-state index in [1.54, 1.807) is 43.6 Å². The van der Waals surface area contributed by atoms with Gasteiger partial charge in [-0.05, 0) is 75.5 Å². The van der Waals surface area contributed by atoms with Crippen molar-refractivity contribution in [3.8, 4) is 11.3 Å². The summed E-state index contributed by atoms with van der Waals surface area (Å²) in [5, 5.41) is 6.38. The molecule has 0 aliphatic carbocycles. The van der Waals surface area contributed by atoms with Crippen molar-refractivity contribution in [1.29, 1.82) is 0 Å². The Labute approximate surface area is 263 Å². The Balaban J connectivity index is 0.00000384. The van der Waals surface area contributed by atoms with Gasteiger partial charge in [-0.25, -0.2) is 14.4 Å². The Bertz CT molecular complexity index is 1700. The molecule has 4 aromatic rings. The van der Waals surface area contributed by atoms with E-state index in [4.69, 9.17) is 21.6 Å². The standard InChI is InChI=1S/C33H33ClFN7O.CH4/c1-36-32(43)20-7-10-23(11-8-20)39-33-38-19-21-18-37-31(26-17-22(34)9-12-25(26)30(21)40-33)29-27(35)5-4-6-28(29)42-15-13-24(14-16-42)41(2)3;/h4-12,17,19,24H,13-16,18H2,1-3H3,(H,36,43)(H,38,39,40);1H4. The van der Waals surface area contributed by atoms with Crippen LogP contribution in [0.2, 0.25) is 5.02 Å². The number of nitrogens with one attached hydrogen (secondary N) is 2. The Kier molecular flexibility index (Phi) is 9.27. The average Bonchev–Trinajstić information content (AvgIpc) is 3.17. The van der Waals surface area contributed by atoms with Crippen LogP contribution in [0.15, 0.2) is 71.9 Å². The molecule has 0 spiro atoms. The summed E-state index contributed by atoms with van der Waals surface area (Å²) in [5.41, 5.74) is 6.21. The van der Waals surface area contributed by atoms with Gasteiger partial charge in [0.2, 0.25) is 5.95 Å². The lowest BCUT2D eigenvalue weighted by Gasteiger charge is -2.37. The molecule has 1 amide bonds. The molecule has 0 atom stereocenters. The van der Waals surface area contributed by atoms with Crippen molar-refractivity contribution in [3.63, 3.8) is 0 Å². The number of aromatic nitrogens is 2. The quantitative estimate of drug-likeness (QED) is 0.256. The molecule has 8 nitrogen and oxygen atoms in total. The minimum atomic E-state index is -0.323. The fourth-order valence-corrected chi connectivity index (χ4v) is 5.98. The summed E-state index contributed by atoms with van der Waals surface area (Å²) in [6.45, 7) is 1.95. The molecular weight excluding hydrogens is 577 g/mol. The first-order chi connectivity index (χ1) is 20.8. The van der Waals surface area contributed by atoms with Gasteiger partial charge in [0, 0.05) is 71.0 Å². The number of nitrogens with zero attached hydrogens (tertiary/aromatic N) is 5. The van der Waals surface area contributed by atoms with Crippen molar-refractivity contribution in [2.45, 2.75) is 32.9 Å². The number of halogens is 2. The SMILES string of the molecule is C.CNC(=O)c1ccc(Nc2ncc3c(n2)-c2ccc(Cl)cc2C(c2c(F)cccc2N2CCC(N(C)C)CC2)=NC3)cc1. The van der Waals surface area contributed by atoms with Crippen LogP contribution >= 0.6 is 11.6 Å². The number of rotatable bonds is 6. The van der Waals surface area contributed by atoms with Crippen LogP contribution in [0.4, 0.5) is 21.7 Å². The zero-order valence-electron chi connectivity index (χ0n) is 24.4. The number of piperidine rings is 1. The molecule has 2 aliphatic rings. The van der Waals surface area contributed by atoms with Crippen molar-refractivity contribution in [3.05, 3.63) is 100.0 Å². The van der Waals surface area contributed by atoms with Crippen LogP contribution in [-0.2, 0) is 6.54 Å². The van der Waals surface area contributed by atoms with Crippen molar-refractivity contribution >= 4 is 40.5 Å². The van der Waals surface area contributed by atoms with Crippen molar-refractivity contribution < 1.29 is 9.18 Å². The van der Waals surface area contributed by atoms with Gasteiger partial charge in [0.1, 0.15) is 5.82 Å². The topological polar surface area (TPSA) is 85.7 Å². The Morgan fingerprint density at radius 3 is 2.50 bits per heavy atom. The van der Waals surface area contributed by atoms with Crippen LogP contribution < -0.4 is 15.5 Å². The first-order valence-electron chi connectivity index (χ1n) is 14.3. The largest absolute Gasteiger partial charge is 0.371 e. The molecule has 1 fully saturated rings. The predicted octanol–water partition coefficient (Wildman–Crippen LogP) is 6.56. The molecule has 0 bridgehead atoms. The van der Waals surface area contributed by atoms with E-state index < -0.39 is 0 Å². The zero-order valence-corrected chi connectivity index (χ0v) is 25.1. The molecule has 1 saturated heterocycles. The van der Waals surface area contributed by atoms with Gasteiger partial charge in [-0.1, -0.05) is 31.2 Å². The predicted molar refractivity (Wildman–Crippen MR) is 177 cm³/mol. The maximum atomic E-state index is 15.8. The molecule has 3 heterocycles. The van der Waals surface area contributed by atoms with Crippen molar-refractivity contribution in [1.82, 2.24) is 20.2 Å². The second-order valence-corrected chi connectivity index (χ2v) is 11.5.